The van der Waals surface area contributed by atoms with Crippen molar-refractivity contribution in [1.82, 2.24) is 10.6 Å². The van der Waals surface area contributed by atoms with Gasteiger partial charge in [-0.15, -0.1) is 0 Å². The van der Waals surface area contributed by atoms with E-state index in [0.717, 1.165) is 16.9 Å². The van der Waals surface area contributed by atoms with Crippen LogP contribution in [0.4, 0.5) is 0 Å². The Kier molecular flexibility index (Phi) is 7.96. The molecule has 0 atom stereocenters. The highest BCUT2D eigenvalue weighted by molar-refractivity contribution is 6.30. The summed E-state index contributed by atoms with van der Waals surface area (Å²) in [5.41, 5.74) is 2.10. The Balaban J connectivity index is 1.64. The molecule has 5 nitrogen and oxygen atoms in total. The van der Waals surface area contributed by atoms with E-state index >= 15 is 0 Å². The summed E-state index contributed by atoms with van der Waals surface area (Å²) < 4.78 is 5.27. The Morgan fingerprint density at radius 2 is 1.54 bits per heavy atom. The van der Waals surface area contributed by atoms with Crippen LogP contribution in [-0.4, -0.2) is 32.0 Å². The number of ether oxygens (including phenoxy) is 1. The first-order chi connectivity index (χ1) is 12.6. The van der Waals surface area contributed by atoms with E-state index in [4.69, 9.17) is 16.3 Å². The molecule has 2 rings (SSSR count). The van der Waals surface area contributed by atoms with Crippen molar-refractivity contribution in [3.8, 4) is 5.75 Å². The van der Waals surface area contributed by atoms with Gasteiger partial charge in [0, 0.05) is 18.1 Å². The molecular weight excluding hydrogens is 352 g/mol. The molecule has 0 spiro atoms. The zero-order valence-corrected chi connectivity index (χ0v) is 15.5. The number of benzene rings is 2. The minimum Gasteiger partial charge on any atom is -0.496 e. The zero-order valence-electron chi connectivity index (χ0n) is 14.8. The third kappa shape index (κ3) is 6.76. The van der Waals surface area contributed by atoms with Crippen molar-refractivity contribution in [2.24, 2.45) is 0 Å². The molecule has 0 saturated carbocycles. The van der Waals surface area contributed by atoms with Gasteiger partial charge < -0.3 is 15.4 Å². The van der Waals surface area contributed by atoms with Crippen molar-refractivity contribution in [2.75, 3.05) is 20.2 Å². The number of rotatable bonds is 9. The number of carbonyl (C=O) groups excluding carboxylic acids is 2. The monoisotopic (exact) mass is 374 g/mol. The number of hydrogen-bond donors (Lipinski definition) is 2. The van der Waals surface area contributed by atoms with Gasteiger partial charge in [0.1, 0.15) is 12.2 Å². The zero-order chi connectivity index (χ0) is 18.8. The fraction of sp³-hybridized carbons (Fsp3) is 0.300. The maximum atomic E-state index is 11.9. The van der Waals surface area contributed by atoms with Crippen LogP contribution in [0.15, 0.2) is 48.5 Å². The van der Waals surface area contributed by atoms with Crippen LogP contribution in [0.2, 0.25) is 5.02 Å². The van der Waals surface area contributed by atoms with Gasteiger partial charge in [-0.2, -0.15) is 0 Å². The molecule has 0 saturated heterocycles. The molecule has 2 aromatic rings. The summed E-state index contributed by atoms with van der Waals surface area (Å²) in [6, 6.07) is 15.1. The van der Waals surface area contributed by atoms with Crippen molar-refractivity contribution >= 4 is 23.4 Å². The van der Waals surface area contributed by atoms with Gasteiger partial charge in [-0.05, 0) is 42.2 Å². The molecule has 2 N–H and O–H groups in total. The first-order valence-corrected chi connectivity index (χ1v) is 8.86. The second-order valence-corrected chi connectivity index (χ2v) is 6.25. The van der Waals surface area contributed by atoms with Crippen molar-refractivity contribution in [2.45, 2.75) is 19.3 Å². The van der Waals surface area contributed by atoms with Gasteiger partial charge in [0.05, 0.1) is 7.11 Å². The fourth-order valence-electron chi connectivity index (χ4n) is 2.51. The Morgan fingerprint density at radius 3 is 2.19 bits per heavy atom. The Bertz CT molecular complexity index is 732. The highest BCUT2D eigenvalue weighted by atomic mass is 35.5. The molecule has 0 heterocycles. The van der Waals surface area contributed by atoms with Crippen LogP contribution >= 0.6 is 11.6 Å². The lowest BCUT2D eigenvalue weighted by molar-refractivity contribution is -0.129. The minimum atomic E-state index is -0.288. The van der Waals surface area contributed by atoms with E-state index in [-0.39, 0.29) is 18.2 Å². The van der Waals surface area contributed by atoms with Crippen molar-refractivity contribution < 1.29 is 14.3 Å². The highest BCUT2D eigenvalue weighted by Gasteiger charge is 2.09. The summed E-state index contributed by atoms with van der Waals surface area (Å²) in [6.07, 6.45) is 1.17. The van der Waals surface area contributed by atoms with Gasteiger partial charge >= 0.3 is 0 Å². The first kappa shape index (κ1) is 19.8. The van der Waals surface area contributed by atoms with Crippen molar-refractivity contribution in [3.63, 3.8) is 0 Å². The predicted octanol–water partition coefficient (Wildman–Crippen LogP) is 2.76. The van der Waals surface area contributed by atoms with Gasteiger partial charge in [0.15, 0.2) is 0 Å². The summed E-state index contributed by atoms with van der Waals surface area (Å²) in [6.45, 7) is 0.937. The topological polar surface area (TPSA) is 67.4 Å². The van der Waals surface area contributed by atoms with Gasteiger partial charge in [-0.1, -0.05) is 41.9 Å². The van der Waals surface area contributed by atoms with Crippen LogP contribution in [0.1, 0.15) is 17.5 Å². The third-order valence-electron chi connectivity index (χ3n) is 3.88. The molecule has 2 amide bonds. The number of hydrogen-bond acceptors (Lipinski definition) is 3. The van der Waals surface area contributed by atoms with E-state index in [1.807, 2.05) is 48.5 Å². The second kappa shape index (κ2) is 10.5. The van der Waals surface area contributed by atoms with E-state index in [2.05, 4.69) is 10.6 Å². The average molecular weight is 375 g/mol. The minimum absolute atomic E-state index is 0.174. The van der Waals surface area contributed by atoms with Crippen molar-refractivity contribution in [3.05, 3.63) is 64.7 Å². The maximum Gasteiger partial charge on any atom is 0.229 e. The predicted molar refractivity (Wildman–Crippen MR) is 102 cm³/mol. The van der Waals surface area contributed by atoms with Gasteiger partial charge in [0.25, 0.3) is 0 Å². The van der Waals surface area contributed by atoms with Crippen LogP contribution in [0.25, 0.3) is 0 Å². The number of nitrogens with one attached hydrogen (secondary N) is 2. The second-order valence-electron chi connectivity index (χ2n) is 5.81. The molecule has 0 aromatic heterocycles. The molecule has 0 aliphatic rings. The number of carbonyl (C=O) groups is 2. The quantitative estimate of drug-likeness (QED) is 0.663. The molecule has 0 radical (unpaired) electrons. The number of amides is 2. The summed E-state index contributed by atoms with van der Waals surface area (Å²) in [7, 11) is 1.62. The molecule has 0 fully saturated rings. The number of para-hydroxylation sites is 1. The van der Waals surface area contributed by atoms with Gasteiger partial charge in [-0.3, -0.25) is 9.59 Å². The summed E-state index contributed by atoms with van der Waals surface area (Å²) >= 11 is 5.83. The Labute approximate surface area is 158 Å². The SMILES string of the molecule is COc1ccccc1CCNC(=O)CC(=O)NCCc1ccc(Cl)cc1. The molecule has 2 aromatic carbocycles. The van der Waals surface area contributed by atoms with Crippen molar-refractivity contribution in [1.29, 1.82) is 0 Å². The summed E-state index contributed by atoms with van der Waals surface area (Å²) in [5.74, 6) is 0.222. The summed E-state index contributed by atoms with van der Waals surface area (Å²) in [5, 5.41) is 6.19. The number of methoxy groups -OCH3 is 1. The largest absolute Gasteiger partial charge is 0.496 e. The molecule has 0 unspecified atom stereocenters. The lowest BCUT2D eigenvalue weighted by Gasteiger charge is -2.09. The van der Waals surface area contributed by atoms with Gasteiger partial charge in [-0.25, -0.2) is 0 Å². The molecule has 138 valence electrons. The van der Waals surface area contributed by atoms with Crippen LogP contribution in [0.5, 0.6) is 5.75 Å². The van der Waals surface area contributed by atoms with Gasteiger partial charge in [0.2, 0.25) is 11.8 Å². The Hall–Kier alpha value is -2.53. The molecule has 6 heteroatoms. The lowest BCUT2D eigenvalue weighted by atomic mass is 10.1. The highest BCUT2D eigenvalue weighted by Crippen LogP contribution is 2.17. The van der Waals surface area contributed by atoms with Crippen LogP contribution < -0.4 is 15.4 Å². The molecule has 0 aliphatic heterocycles. The first-order valence-electron chi connectivity index (χ1n) is 8.48. The van der Waals surface area contributed by atoms with E-state index in [9.17, 15) is 9.59 Å². The molecular formula is C20H23ClN2O3. The van der Waals surface area contributed by atoms with E-state index in [1.165, 1.54) is 0 Å². The maximum absolute atomic E-state index is 11.9. The third-order valence-corrected chi connectivity index (χ3v) is 4.13. The van der Waals surface area contributed by atoms with Crippen LogP contribution in [0.3, 0.4) is 0 Å². The smallest absolute Gasteiger partial charge is 0.229 e. The average Bonchev–Trinajstić information content (AvgIpc) is 2.63. The molecule has 0 aliphatic carbocycles. The molecule has 26 heavy (non-hydrogen) atoms. The van der Waals surface area contributed by atoms with E-state index in [0.29, 0.717) is 31.0 Å². The fourth-order valence-corrected chi connectivity index (χ4v) is 2.64. The van der Waals surface area contributed by atoms with E-state index in [1.54, 1.807) is 7.11 Å². The normalized spacial score (nSPS) is 10.2. The Morgan fingerprint density at radius 1 is 0.923 bits per heavy atom. The summed E-state index contributed by atoms with van der Waals surface area (Å²) in [4.78, 5) is 23.7. The number of halogens is 1. The molecule has 0 bridgehead atoms. The lowest BCUT2D eigenvalue weighted by Crippen LogP contribution is -2.33. The van der Waals surface area contributed by atoms with Crippen LogP contribution in [-0.2, 0) is 22.4 Å². The van der Waals surface area contributed by atoms with E-state index < -0.39 is 0 Å². The standard InChI is InChI=1S/C20H23ClN2O3/c1-26-18-5-3-2-4-16(18)11-13-23-20(25)14-19(24)22-12-10-15-6-8-17(21)9-7-15/h2-9H,10-14H2,1H3,(H,22,24)(H,23,25). The van der Waals surface area contributed by atoms with Crippen LogP contribution in [0, 0.1) is 0 Å².